The van der Waals surface area contributed by atoms with Crippen molar-refractivity contribution in [2.45, 2.75) is 57.4 Å². The number of carbonyl (C=O) groups is 1. The SMILES string of the molecule is CC1CN(C(=O)C2CCCCC2(C)N)CCC1c1ccccc1. The van der Waals surface area contributed by atoms with Gasteiger partial charge in [0, 0.05) is 18.6 Å². The van der Waals surface area contributed by atoms with Crippen LogP contribution >= 0.6 is 0 Å². The highest BCUT2D eigenvalue weighted by molar-refractivity contribution is 5.80. The summed E-state index contributed by atoms with van der Waals surface area (Å²) in [5.74, 6) is 1.38. The van der Waals surface area contributed by atoms with E-state index in [0.717, 1.165) is 45.2 Å². The Labute approximate surface area is 140 Å². The van der Waals surface area contributed by atoms with E-state index in [9.17, 15) is 4.79 Å². The van der Waals surface area contributed by atoms with Crippen molar-refractivity contribution in [1.82, 2.24) is 4.90 Å². The Morgan fingerprint density at radius 1 is 1.22 bits per heavy atom. The van der Waals surface area contributed by atoms with Gasteiger partial charge in [-0.25, -0.2) is 0 Å². The molecular weight excluding hydrogens is 284 g/mol. The second kappa shape index (κ2) is 6.64. The Morgan fingerprint density at radius 2 is 1.96 bits per heavy atom. The molecule has 0 radical (unpaired) electrons. The van der Waals surface area contributed by atoms with E-state index < -0.39 is 0 Å². The highest BCUT2D eigenvalue weighted by Crippen LogP contribution is 2.36. The third kappa shape index (κ3) is 3.45. The fourth-order valence-corrected chi connectivity index (χ4v) is 4.53. The van der Waals surface area contributed by atoms with Gasteiger partial charge >= 0.3 is 0 Å². The van der Waals surface area contributed by atoms with Crippen LogP contribution in [0.5, 0.6) is 0 Å². The van der Waals surface area contributed by atoms with Crippen molar-refractivity contribution in [3.8, 4) is 0 Å². The molecule has 3 heteroatoms. The third-order valence-electron chi connectivity index (χ3n) is 6.00. The van der Waals surface area contributed by atoms with Crippen molar-refractivity contribution in [3.05, 3.63) is 35.9 Å². The molecule has 0 spiro atoms. The zero-order valence-corrected chi connectivity index (χ0v) is 14.5. The smallest absolute Gasteiger partial charge is 0.227 e. The topological polar surface area (TPSA) is 46.3 Å². The number of likely N-dealkylation sites (tertiary alicyclic amines) is 1. The van der Waals surface area contributed by atoms with E-state index in [1.54, 1.807) is 0 Å². The molecule has 0 aromatic heterocycles. The van der Waals surface area contributed by atoms with Crippen molar-refractivity contribution in [2.24, 2.45) is 17.6 Å². The predicted molar refractivity (Wildman–Crippen MR) is 94.1 cm³/mol. The van der Waals surface area contributed by atoms with Crippen LogP contribution in [0.3, 0.4) is 0 Å². The number of hydrogen-bond acceptors (Lipinski definition) is 2. The molecule has 1 heterocycles. The van der Waals surface area contributed by atoms with Crippen molar-refractivity contribution in [2.75, 3.05) is 13.1 Å². The van der Waals surface area contributed by atoms with E-state index in [0.29, 0.717) is 17.7 Å². The van der Waals surface area contributed by atoms with E-state index in [2.05, 4.69) is 49.1 Å². The summed E-state index contributed by atoms with van der Waals surface area (Å²) in [6, 6.07) is 10.7. The summed E-state index contributed by atoms with van der Waals surface area (Å²) in [5.41, 5.74) is 7.52. The highest BCUT2D eigenvalue weighted by Gasteiger charge is 2.41. The van der Waals surface area contributed by atoms with Gasteiger partial charge in [0.1, 0.15) is 0 Å². The van der Waals surface area contributed by atoms with Crippen LogP contribution in [0.2, 0.25) is 0 Å². The van der Waals surface area contributed by atoms with Gasteiger partial charge in [0.05, 0.1) is 5.92 Å². The van der Waals surface area contributed by atoms with Crippen LogP contribution in [0.25, 0.3) is 0 Å². The minimum absolute atomic E-state index is 0.0109. The number of piperidine rings is 1. The summed E-state index contributed by atoms with van der Waals surface area (Å²) in [6.07, 6.45) is 5.28. The number of benzene rings is 1. The van der Waals surface area contributed by atoms with Crippen LogP contribution < -0.4 is 5.73 Å². The quantitative estimate of drug-likeness (QED) is 0.907. The zero-order chi connectivity index (χ0) is 16.4. The van der Waals surface area contributed by atoms with Crippen LogP contribution in [-0.2, 0) is 4.79 Å². The fraction of sp³-hybridized carbons (Fsp3) is 0.650. The molecule has 1 saturated heterocycles. The number of nitrogens with two attached hydrogens (primary N) is 1. The number of amides is 1. The Hall–Kier alpha value is -1.35. The van der Waals surface area contributed by atoms with Gasteiger partial charge in [0.2, 0.25) is 5.91 Å². The first-order valence-electron chi connectivity index (χ1n) is 9.11. The zero-order valence-electron chi connectivity index (χ0n) is 14.5. The molecule has 0 bridgehead atoms. The molecule has 2 fully saturated rings. The van der Waals surface area contributed by atoms with Gasteiger partial charge in [0.25, 0.3) is 0 Å². The second-order valence-corrected chi connectivity index (χ2v) is 7.87. The molecule has 4 unspecified atom stereocenters. The highest BCUT2D eigenvalue weighted by atomic mass is 16.2. The minimum atomic E-state index is -0.325. The minimum Gasteiger partial charge on any atom is -0.342 e. The lowest BCUT2D eigenvalue weighted by molar-refractivity contribution is -0.141. The van der Waals surface area contributed by atoms with Crippen molar-refractivity contribution in [1.29, 1.82) is 0 Å². The lowest BCUT2D eigenvalue weighted by atomic mass is 9.73. The molecule has 2 aliphatic rings. The number of rotatable bonds is 2. The number of hydrogen-bond donors (Lipinski definition) is 1. The molecule has 4 atom stereocenters. The predicted octanol–water partition coefficient (Wildman–Crippen LogP) is 3.55. The summed E-state index contributed by atoms with van der Waals surface area (Å²) in [6.45, 7) is 6.08. The van der Waals surface area contributed by atoms with Crippen molar-refractivity contribution >= 4 is 5.91 Å². The molecule has 3 rings (SSSR count). The Balaban J connectivity index is 1.66. The van der Waals surface area contributed by atoms with E-state index >= 15 is 0 Å². The molecule has 3 nitrogen and oxygen atoms in total. The van der Waals surface area contributed by atoms with Gasteiger partial charge in [-0.15, -0.1) is 0 Å². The number of carbonyl (C=O) groups excluding carboxylic acids is 1. The second-order valence-electron chi connectivity index (χ2n) is 7.87. The average molecular weight is 314 g/mol. The van der Waals surface area contributed by atoms with Crippen LogP contribution in [0, 0.1) is 11.8 Å². The molecule has 1 aromatic carbocycles. The van der Waals surface area contributed by atoms with Crippen molar-refractivity contribution < 1.29 is 4.79 Å². The van der Waals surface area contributed by atoms with Crippen LogP contribution in [-0.4, -0.2) is 29.4 Å². The summed E-state index contributed by atoms with van der Waals surface area (Å²) < 4.78 is 0. The summed E-state index contributed by atoms with van der Waals surface area (Å²) in [5, 5.41) is 0. The van der Waals surface area contributed by atoms with E-state index in [1.807, 2.05) is 0 Å². The maximum absolute atomic E-state index is 13.0. The molecule has 23 heavy (non-hydrogen) atoms. The molecular formula is C20H30N2O. The standard InChI is InChI=1S/C20H30N2O/c1-15-14-22(13-11-17(15)16-8-4-3-5-9-16)19(23)18-10-6-7-12-20(18,2)21/h3-5,8-9,15,17-18H,6-7,10-14,21H2,1-2H3. The molecule has 1 aliphatic carbocycles. The summed E-state index contributed by atoms with van der Waals surface area (Å²) >= 11 is 0. The van der Waals surface area contributed by atoms with Gasteiger partial charge in [-0.3, -0.25) is 4.79 Å². The fourth-order valence-electron chi connectivity index (χ4n) is 4.53. The lowest BCUT2D eigenvalue weighted by Gasteiger charge is -2.43. The summed E-state index contributed by atoms with van der Waals surface area (Å²) in [7, 11) is 0. The molecule has 126 valence electrons. The maximum atomic E-state index is 13.0. The third-order valence-corrected chi connectivity index (χ3v) is 6.00. The first-order chi connectivity index (χ1) is 11.0. The average Bonchev–Trinajstić information content (AvgIpc) is 2.54. The largest absolute Gasteiger partial charge is 0.342 e. The lowest BCUT2D eigenvalue weighted by Crippen LogP contribution is -2.55. The molecule has 2 N–H and O–H groups in total. The van der Waals surface area contributed by atoms with Gasteiger partial charge in [0.15, 0.2) is 0 Å². The summed E-state index contributed by atoms with van der Waals surface area (Å²) in [4.78, 5) is 15.1. The van der Waals surface area contributed by atoms with Gasteiger partial charge in [-0.1, -0.05) is 50.1 Å². The first kappa shape index (κ1) is 16.5. The van der Waals surface area contributed by atoms with Crippen LogP contribution in [0.1, 0.15) is 57.4 Å². The molecule has 1 aromatic rings. The Kier molecular flexibility index (Phi) is 4.77. The normalized spacial score (nSPS) is 35.1. The van der Waals surface area contributed by atoms with Crippen LogP contribution in [0.4, 0.5) is 0 Å². The van der Waals surface area contributed by atoms with Crippen molar-refractivity contribution in [3.63, 3.8) is 0 Å². The maximum Gasteiger partial charge on any atom is 0.227 e. The van der Waals surface area contributed by atoms with Gasteiger partial charge in [-0.05, 0) is 43.6 Å². The molecule has 1 aliphatic heterocycles. The van der Waals surface area contributed by atoms with E-state index in [1.165, 1.54) is 5.56 Å². The van der Waals surface area contributed by atoms with Crippen LogP contribution in [0.15, 0.2) is 30.3 Å². The van der Waals surface area contributed by atoms with E-state index in [-0.39, 0.29) is 11.5 Å². The monoisotopic (exact) mass is 314 g/mol. The first-order valence-corrected chi connectivity index (χ1v) is 9.11. The molecule has 1 amide bonds. The Bertz CT molecular complexity index is 540. The van der Waals surface area contributed by atoms with Gasteiger partial charge < -0.3 is 10.6 Å². The number of nitrogens with zero attached hydrogens (tertiary/aromatic N) is 1. The molecule has 1 saturated carbocycles. The van der Waals surface area contributed by atoms with Gasteiger partial charge in [-0.2, -0.15) is 0 Å². The Morgan fingerprint density at radius 3 is 2.61 bits per heavy atom. The van der Waals surface area contributed by atoms with E-state index in [4.69, 9.17) is 5.73 Å².